The van der Waals surface area contributed by atoms with Crippen molar-refractivity contribution in [2.75, 3.05) is 6.61 Å². The lowest BCUT2D eigenvalue weighted by Crippen LogP contribution is -1.97. The molecule has 0 atom stereocenters. The SMILES string of the molecule is CCOc1ccccc1-c1ccc(-c2nc3ccc(F)cc3c(Cl)c2C#N)c(F)c1. The summed E-state index contributed by atoms with van der Waals surface area (Å²) in [5.41, 5.74) is 2.01. The molecule has 3 aromatic carbocycles. The van der Waals surface area contributed by atoms with Gasteiger partial charge in [0.2, 0.25) is 0 Å². The number of pyridine rings is 1. The number of fused-ring (bicyclic) bond motifs is 1. The standard InChI is InChI=1S/C24H15ClF2N2O/c1-2-30-22-6-4-3-5-16(22)14-7-9-17(20(27)11-14)24-19(13-28)23(25)18-12-15(26)8-10-21(18)29-24/h3-12H,2H2,1H3. The van der Waals surface area contributed by atoms with E-state index in [9.17, 15) is 9.65 Å². The lowest BCUT2D eigenvalue weighted by atomic mass is 9.98. The number of nitrogens with zero attached hydrogens (tertiary/aromatic N) is 2. The van der Waals surface area contributed by atoms with Crippen molar-refractivity contribution in [3.63, 3.8) is 0 Å². The summed E-state index contributed by atoms with van der Waals surface area (Å²) in [6.45, 7) is 2.37. The van der Waals surface area contributed by atoms with Crippen molar-refractivity contribution in [1.82, 2.24) is 4.98 Å². The van der Waals surface area contributed by atoms with Crippen LogP contribution >= 0.6 is 11.6 Å². The molecular formula is C24H15ClF2N2O. The first-order valence-corrected chi connectivity index (χ1v) is 9.62. The van der Waals surface area contributed by atoms with Crippen LogP contribution < -0.4 is 4.74 Å². The Morgan fingerprint density at radius 3 is 2.57 bits per heavy atom. The first-order chi connectivity index (χ1) is 14.5. The van der Waals surface area contributed by atoms with Crippen LogP contribution in [0.15, 0.2) is 60.7 Å². The Labute approximate surface area is 177 Å². The Bertz CT molecular complexity index is 1310. The zero-order valence-corrected chi connectivity index (χ0v) is 16.7. The van der Waals surface area contributed by atoms with Crippen molar-refractivity contribution in [2.24, 2.45) is 0 Å². The van der Waals surface area contributed by atoms with E-state index in [2.05, 4.69) is 4.98 Å². The molecule has 4 aromatic rings. The van der Waals surface area contributed by atoms with Crippen LogP contribution in [-0.4, -0.2) is 11.6 Å². The van der Waals surface area contributed by atoms with Gasteiger partial charge < -0.3 is 4.74 Å². The molecule has 0 radical (unpaired) electrons. The molecule has 0 spiro atoms. The lowest BCUT2D eigenvalue weighted by molar-refractivity contribution is 0.341. The van der Waals surface area contributed by atoms with E-state index >= 15 is 4.39 Å². The summed E-state index contributed by atoms with van der Waals surface area (Å²) >= 11 is 6.34. The molecule has 0 aliphatic carbocycles. The highest BCUT2D eigenvalue weighted by molar-refractivity contribution is 6.37. The van der Waals surface area contributed by atoms with Crippen molar-refractivity contribution in [1.29, 1.82) is 5.26 Å². The van der Waals surface area contributed by atoms with E-state index in [0.29, 0.717) is 28.8 Å². The first kappa shape index (κ1) is 19.8. The minimum absolute atomic E-state index is 0.00358. The maximum absolute atomic E-state index is 15.2. The molecule has 0 fully saturated rings. The number of hydrogen-bond acceptors (Lipinski definition) is 3. The van der Waals surface area contributed by atoms with Crippen LogP contribution in [-0.2, 0) is 0 Å². The maximum Gasteiger partial charge on any atom is 0.133 e. The fourth-order valence-corrected chi connectivity index (χ4v) is 3.64. The molecule has 0 aliphatic heterocycles. The van der Waals surface area contributed by atoms with Crippen LogP contribution in [0.25, 0.3) is 33.3 Å². The van der Waals surface area contributed by atoms with Crippen LogP contribution in [0.1, 0.15) is 12.5 Å². The molecule has 0 unspecified atom stereocenters. The Morgan fingerprint density at radius 2 is 1.83 bits per heavy atom. The van der Waals surface area contributed by atoms with Gasteiger partial charge in [-0.2, -0.15) is 5.26 Å². The van der Waals surface area contributed by atoms with Crippen LogP contribution in [0.2, 0.25) is 5.02 Å². The summed E-state index contributed by atoms with van der Waals surface area (Å²) in [5, 5.41) is 9.95. The predicted octanol–water partition coefficient (Wildman–Crippen LogP) is 6.77. The van der Waals surface area contributed by atoms with Crippen LogP contribution in [0.5, 0.6) is 5.75 Å². The normalized spacial score (nSPS) is 10.8. The predicted molar refractivity (Wildman–Crippen MR) is 113 cm³/mol. The summed E-state index contributed by atoms with van der Waals surface area (Å²) in [7, 11) is 0. The maximum atomic E-state index is 15.2. The van der Waals surface area contributed by atoms with Crippen molar-refractivity contribution < 1.29 is 13.5 Å². The molecule has 0 amide bonds. The quantitative estimate of drug-likeness (QED) is 0.366. The Balaban J connectivity index is 1.88. The molecule has 1 aromatic heterocycles. The molecule has 3 nitrogen and oxygen atoms in total. The number of para-hydroxylation sites is 1. The highest BCUT2D eigenvalue weighted by Gasteiger charge is 2.19. The molecule has 30 heavy (non-hydrogen) atoms. The molecule has 0 saturated heterocycles. The first-order valence-electron chi connectivity index (χ1n) is 9.24. The van der Waals surface area contributed by atoms with Gasteiger partial charge in [0.1, 0.15) is 23.5 Å². The van der Waals surface area contributed by atoms with Gasteiger partial charge >= 0.3 is 0 Å². The van der Waals surface area contributed by atoms with E-state index in [1.54, 1.807) is 12.1 Å². The van der Waals surface area contributed by atoms with E-state index in [1.165, 1.54) is 24.3 Å². The van der Waals surface area contributed by atoms with Gasteiger partial charge in [0.05, 0.1) is 28.4 Å². The average Bonchev–Trinajstić information content (AvgIpc) is 2.75. The molecule has 6 heteroatoms. The van der Waals surface area contributed by atoms with Gasteiger partial charge in [-0.05, 0) is 48.9 Å². The number of halogens is 3. The zero-order chi connectivity index (χ0) is 21.3. The third-order valence-corrected chi connectivity index (χ3v) is 5.11. The topological polar surface area (TPSA) is 45.9 Å². The van der Waals surface area contributed by atoms with Gasteiger partial charge in [-0.1, -0.05) is 35.9 Å². The zero-order valence-electron chi connectivity index (χ0n) is 15.9. The monoisotopic (exact) mass is 420 g/mol. The fourth-order valence-electron chi connectivity index (χ4n) is 3.35. The highest BCUT2D eigenvalue weighted by Crippen LogP contribution is 2.37. The lowest BCUT2D eigenvalue weighted by Gasteiger charge is -2.13. The molecule has 1 heterocycles. The average molecular weight is 421 g/mol. The Morgan fingerprint density at radius 1 is 1.03 bits per heavy atom. The molecule has 0 aliphatic rings. The molecule has 4 rings (SSSR count). The smallest absolute Gasteiger partial charge is 0.133 e. The molecule has 0 bridgehead atoms. The van der Waals surface area contributed by atoms with Gasteiger partial charge in [0, 0.05) is 16.5 Å². The number of ether oxygens (including phenoxy) is 1. The van der Waals surface area contributed by atoms with E-state index in [1.807, 2.05) is 37.3 Å². The third-order valence-electron chi connectivity index (χ3n) is 4.72. The van der Waals surface area contributed by atoms with Gasteiger partial charge in [-0.3, -0.25) is 0 Å². The Kier molecular flexibility index (Phi) is 5.35. The van der Waals surface area contributed by atoms with Crippen LogP contribution in [0, 0.1) is 23.0 Å². The molecule has 148 valence electrons. The van der Waals surface area contributed by atoms with Crippen LogP contribution in [0.4, 0.5) is 8.78 Å². The van der Waals surface area contributed by atoms with E-state index in [-0.39, 0.29) is 21.8 Å². The summed E-state index contributed by atoms with van der Waals surface area (Å²) in [5.74, 6) is -0.398. The molecule has 0 saturated carbocycles. The van der Waals surface area contributed by atoms with Gasteiger partial charge in [-0.25, -0.2) is 13.8 Å². The second kappa shape index (κ2) is 8.10. The summed E-state index contributed by atoms with van der Waals surface area (Å²) in [6.07, 6.45) is 0. The van der Waals surface area contributed by atoms with E-state index in [0.717, 1.165) is 5.56 Å². The van der Waals surface area contributed by atoms with Crippen molar-refractivity contribution in [2.45, 2.75) is 6.92 Å². The number of benzene rings is 3. The van der Waals surface area contributed by atoms with Gasteiger partial charge in [0.25, 0.3) is 0 Å². The van der Waals surface area contributed by atoms with E-state index in [4.69, 9.17) is 16.3 Å². The minimum atomic E-state index is -0.555. The fraction of sp³-hybridized carbons (Fsp3) is 0.0833. The highest BCUT2D eigenvalue weighted by atomic mass is 35.5. The number of rotatable bonds is 4. The van der Waals surface area contributed by atoms with Crippen LogP contribution in [0.3, 0.4) is 0 Å². The molecular weight excluding hydrogens is 406 g/mol. The number of nitriles is 1. The third kappa shape index (κ3) is 3.47. The van der Waals surface area contributed by atoms with Crippen molar-refractivity contribution >= 4 is 22.5 Å². The Hall–Kier alpha value is -3.49. The summed E-state index contributed by atoms with van der Waals surface area (Å²) in [6, 6.07) is 17.9. The number of aromatic nitrogens is 1. The second-order valence-corrected chi connectivity index (χ2v) is 6.92. The second-order valence-electron chi connectivity index (χ2n) is 6.55. The molecule has 0 N–H and O–H groups in total. The summed E-state index contributed by atoms with van der Waals surface area (Å²) < 4.78 is 34.4. The largest absolute Gasteiger partial charge is 0.493 e. The van der Waals surface area contributed by atoms with Crippen molar-refractivity contribution in [3.8, 4) is 34.2 Å². The number of hydrogen-bond donors (Lipinski definition) is 0. The van der Waals surface area contributed by atoms with Gasteiger partial charge in [-0.15, -0.1) is 0 Å². The van der Waals surface area contributed by atoms with Crippen molar-refractivity contribution in [3.05, 3.63) is 82.9 Å². The minimum Gasteiger partial charge on any atom is -0.493 e. The van der Waals surface area contributed by atoms with Gasteiger partial charge in [0.15, 0.2) is 0 Å². The van der Waals surface area contributed by atoms with E-state index < -0.39 is 11.6 Å². The summed E-state index contributed by atoms with van der Waals surface area (Å²) in [4.78, 5) is 4.39.